The van der Waals surface area contributed by atoms with Gasteiger partial charge in [-0.25, -0.2) is 14.6 Å². The molecule has 0 saturated carbocycles. The molecule has 186 valence electrons. The van der Waals surface area contributed by atoms with E-state index in [1.165, 1.54) is 0 Å². The maximum absolute atomic E-state index is 13.0. The van der Waals surface area contributed by atoms with Crippen molar-refractivity contribution < 1.29 is 45.4 Å². The van der Waals surface area contributed by atoms with Crippen molar-refractivity contribution in [1.29, 1.82) is 0 Å². The molecule has 7 nitrogen and oxygen atoms in total. The molecule has 33 heavy (non-hydrogen) atoms. The molecular weight excluding hydrogens is 460 g/mol. The zero-order chi connectivity index (χ0) is 25.8. The summed E-state index contributed by atoms with van der Waals surface area (Å²) in [7, 11) is 0. The van der Waals surface area contributed by atoms with Crippen LogP contribution in [0.3, 0.4) is 0 Å². The minimum absolute atomic E-state index is 0.0218. The number of nitrogens with zero attached hydrogens (tertiary/aromatic N) is 1. The van der Waals surface area contributed by atoms with Gasteiger partial charge in [0.2, 0.25) is 5.96 Å². The molecule has 0 saturated heterocycles. The summed E-state index contributed by atoms with van der Waals surface area (Å²) in [6.07, 6.45) is -12.2. The minimum Gasteiger partial charge on any atom is -0.444 e. The van der Waals surface area contributed by atoms with E-state index in [2.05, 4.69) is 15.6 Å². The molecule has 0 aliphatic carbocycles. The van der Waals surface area contributed by atoms with Crippen molar-refractivity contribution in [2.75, 3.05) is 0 Å². The summed E-state index contributed by atoms with van der Waals surface area (Å²) >= 11 is 0. The fourth-order valence-corrected chi connectivity index (χ4v) is 2.19. The molecule has 1 aromatic rings. The van der Waals surface area contributed by atoms with Crippen LogP contribution in [-0.2, 0) is 28.4 Å². The Morgan fingerprint density at radius 2 is 1.12 bits per heavy atom. The van der Waals surface area contributed by atoms with Gasteiger partial charge in [0, 0.05) is 0 Å². The van der Waals surface area contributed by atoms with Crippen LogP contribution < -0.4 is 10.6 Å². The SMILES string of the molecule is CC(C)(C)OC(=O)NC(=NCc1cc(C(F)(F)F)cc(C(F)(F)F)c1)NC(=O)OC(C)(C)C. The number of carbonyl (C=O) groups excluding carboxylic acids is 2. The normalized spacial score (nSPS) is 12.6. The van der Waals surface area contributed by atoms with Crippen molar-refractivity contribution in [2.24, 2.45) is 4.99 Å². The molecule has 2 N–H and O–H groups in total. The highest BCUT2D eigenvalue weighted by atomic mass is 19.4. The Labute approximate surface area is 186 Å². The molecule has 1 rings (SSSR count). The van der Waals surface area contributed by atoms with Crippen LogP contribution in [0.2, 0.25) is 0 Å². The van der Waals surface area contributed by atoms with Gasteiger partial charge in [0.25, 0.3) is 0 Å². The van der Waals surface area contributed by atoms with E-state index in [4.69, 9.17) is 9.47 Å². The number of benzene rings is 1. The quantitative estimate of drug-likeness (QED) is 0.323. The standard InChI is InChI=1S/C20H25F6N3O4/c1-17(2,3)32-15(30)28-14(29-16(31)33-18(4,5)6)27-10-11-7-12(19(21,22)23)9-13(8-11)20(24,25)26/h7-9H,10H2,1-6H3,(H2,27,28,29,30,31). The van der Waals surface area contributed by atoms with Crippen LogP contribution in [-0.4, -0.2) is 29.3 Å². The highest BCUT2D eigenvalue weighted by Gasteiger charge is 2.36. The maximum Gasteiger partial charge on any atom is 0.416 e. The van der Waals surface area contributed by atoms with Gasteiger partial charge in [-0.15, -0.1) is 0 Å². The molecule has 1 aromatic carbocycles. The Balaban J connectivity index is 3.27. The highest BCUT2D eigenvalue weighted by Crippen LogP contribution is 2.36. The monoisotopic (exact) mass is 485 g/mol. The number of hydrogen-bond donors (Lipinski definition) is 2. The Kier molecular flexibility index (Phi) is 8.39. The lowest BCUT2D eigenvalue weighted by Gasteiger charge is -2.22. The number of amides is 2. The van der Waals surface area contributed by atoms with Crippen molar-refractivity contribution in [3.8, 4) is 0 Å². The molecular formula is C20H25F6N3O4. The van der Waals surface area contributed by atoms with E-state index >= 15 is 0 Å². The van der Waals surface area contributed by atoms with Crippen LogP contribution in [0.4, 0.5) is 35.9 Å². The summed E-state index contributed by atoms with van der Waals surface area (Å²) in [6, 6.07) is 0.945. The Morgan fingerprint density at radius 3 is 1.42 bits per heavy atom. The zero-order valence-electron chi connectivity index (χ0n) is 18.8. The van der Waals surface area contributed by atoms with E-state index in [0.717, 1.165) is 0 Å². The van der Waals surface area contributed by atoms with Gasteiger partial charge in [0.1, 0.15) is 11.2 Å². The van der Waals surface area contributed by atoms with Gasteiger partial charge in [0.05, 0.1) is 17.7 Å². The molecule has 0 fully saturated rings. The summed E-state index contributed by atoms with van der Waals surface area (Å²) in [4.78, 5) is 27.8. The highest BCUT2D eigenvalue weighted by molar-refractivity contribution is 6.01. The first kappa shape index (κ1) is 28.0. The third-order valence-corrected chi connectivity index (χ3v) is 3.31. The van der Waals surface area contributed by atoms with E-state index in [1.54, 1.807) is 41.5 Å². The molecule has 0 heterocycles. The van der Waals surface area contributed by atoms with Crippen molar-refractivity contribution in [2.45, 2.75) is 71.6 Å². The summed E-state index contributed by atoms with van der Waals surface area (Å²) < 4.78 is 88.3. The van der Waals surface area contributed by atoms with E-state index in [1.807, 2.05) is 0 Å². The van der Waals surface area contributed by atoms with E-state index in [9.17, 15) is 35.9 Å². The second-order valence-corrected chi connectivity index (χ2v) is 8.83. The number of carbonyl (C=O) groups is 2. The lowest BCUT2D eigenvalue weighted by molar-refractivity contribution is -0.143. The third-order valence-electron chi connectivity index (χ3n) is 3.31. The van der Waals surface area contributed by atoms with Crippen LogP contribution in [0.25, 0.3) is 0 Å². The second kappa shape index (κ2) is 9.87. The van der Waals surface area contributed by atoms with Gasteiger partial charge in [0.15, 0.2) is 0 Å². The lowest BCUT2D eigenvalue weighted by atomic mass is 10.0. The van der Waals surface area contributed by atoms with Gasteiger partial charge in [-0.2, -0.15) is 26.3 Å². The largest absolute Gasteiger partial charge is 0.444 e. The van der Waals surface area contributed by atoms with Gasteiger partial charge in [-0.3, -0.25) is 10.6 Å². The Morgan fingerprint density at radius 1 is 0.758 bits per heavy atom. The molecule has 0 bridgehead atoms. The first-order chi connectivity index (χ1) is 14.7. The predicted octanol–water partition coefficient (Wildman–Crippen LogP) is 5.63. The van der Waals surface area contributed by atoms with Crippen LogP contribution in [0.1, 0.15) is 58.2 Å². The number of ether oxygens (including phenoxy) is 2. The molecule has 2 amide bonds. The summed E-state index contributed by atoms with van der Waals surface area (Å²) in [5, 5.41) is 4.17. The number of rotatable bonds is 2. The topological polar surface area (TPSA) is 89.0 Å². The van der Waals surface area contributed by atoms with Gasteiger partial charge in [-0.1, -0.05) is 0 Å². The van der Waals surface area contributed by atoms with E-state index in [-0.39, 0.29) is 6.07 Å². The van der Waals surface area contributed by atoms with Crippen molar-refractivity contribution in [3.63, 3.8) is 0 Å². The number of alkyl carbamates (subject to hydrolysis) is 2. The van der Waals surface area contributed by atoms with Gasteiger partial charge in [-0.05, 0) is 65.3 Å². The molecule has 0 aliphatic heterocycles. The van der Waals surface area contributed by atoms with Crippen LogP contribution in [0.5, 0.6) is 0 Å². The van der Waals surface area contributed by atoms with Crippen LogP contribution in [0.15, 0.2) is 23.2 Å². The zero-order valence-corrected chi connectivity index (χ0v) is 18.8. The summed E-state index contributed by atoms with van der Waals surface area (Å²) in [5.74, 6) is -0.593. The second-order valence-electron chi connectivity index (χ2n) is 8.83. The Hall–Kier alpha value is -2.99. The van der Waals surface area contributed by atoms with Gasteiger partial charge < -0.3 is 9.47 Å². The number of hydrogen-bond acceptors (Lipinski definition) is 5. The number of nitrogens with one attached hydrogen (secondary N) is 2. The van der Waals surface area contributed by atoms with Crippen molar-refractivity contribution in [1.82, 2.24) is 10.6 Å². The number of alkyl halides is 6. The smallest absolute Gasteiger partial charge is 0.416 e. The maximum atomic E-state index is 13.0. The van der Waals surface area contributed by atoms with Gasteiger partial charge >= 0.3 is 24.5 Å². The van der Waals surface area contributed by atoms with Crippen molar-refractivity contribution in [3.05, 3.63) is 34.9 Å². The lowest BCUT2D eigenvalue weighted by Crippen LogP contribution is -2.47. The summed E-state index contributed by atoms with van der Waals surface area (Å²) in [5.41, 5.74) is -5.40. The molecule has 13 heteroatoms. The van der Waals surface area contributed by atoms with Crippen LogP contribution in [0, 0.1) is 0 Å². The molecule has 0 aromatic heterocycles. The van der Waals surface area contributed by atoms with E-state index < -0.39 is 64.9 Å². The minimum atomic E-state index is -5.04. The fraction of sp³-hybridized carbons (Fsp3) is 0.550. The Bertz CT molecular complexity index is 833. The average Bonchev–Trinajstić information content (AvgIpc) is 2.54. The predicted molar refractivity (Wildman–Crippen MR) is 106 cm³/mol. The number of halogens is 6. The number of guanidine groups is 1. The molecule has 0 aliphatic rings. The van der Waals surface area contributed by atoms with Crippen molar-refractivity contribution >= 4 is 18.1 Å². The van der Waals surface area contributed by atoms with Crippen LogP contribution >= 0.6 is 0 Å². The fourth-order valence-electron chi connectivity index (χ4n) is 2.19. The molecule has 0 unspecified atom stereocenters. The first-order valence-electron chi connectivity index (χ1n) is 9.48. The first-order valence-corrected chi connectivity index (χ1v) is 9.48. The molecule has 0 radical (unpaired) electrons. The average molecular weight is 485 g/mol. The number of aliphatic imine (C=N–C) groups is 1. The molecule has 0 spiro atoms. The van der Waals surface area contributed by atoms with E-state index in [0.29, 0.717) is 12.1 Å². The molecule has 0 atom stereocenters. The summed E-state index contributed by atoms with van der Waals surface area (Å²) in [6.45, 7) is 8.54. The third kappa shape index (κ3) is 10.9.